The van der Waals surface area contributed by atoms with Crippen LogP contribution in [0.4, 0.5) is 0 Å². The molecule has 0 saturated carbocycles. The van der Waals surface area contributed by atoms with Gasteiger partial charge in [0.2, 0.25) is 10.0 Å². The molecule has 122 valence electrons. The number of carbonyl (C=O) groups excluding carboxylic acids is 1. The van der Waals surface area contributed by atoms with E-state index < -0.39 is 15.9 Å². The summed E-state index contributed by atoms with van der Waals surface area (Å²) in [5.74, 6) is -0.728. The first-order valence-electron chi connectivity index (χ1n) is 7.29. The molecule has 0 spiro atoms. The average molecular weight is 346 g/mol. The van der Waals surface area contributed by atoms with Gasteiger partial charge in [-0.1, -0.05) is 17.7 Å². The van der Waals surface area contributed by atoms with Crippen molar-refractivity contribution >= 4 is 27.6 Å². The van der Waals surface area contributed by atoms with Gasteiger partial charge in [-0.3, -0.25) is 4.79 Å². The van der Waals surface area contributed by atoms with Gasteiger partial charge in [0.1, 0.15) is 0 Å². The second-order valence-corrected chi connectivity index (χ2v) is 7.71. The fraction of sp³-hybridized carbons (Fsp3) is 0.533. The van der Waals surface area contributed by atoms with Crippen molar-refractivity contribution in [2.75, 3.05) is 19.7 Å². The van der Waals surface area contributed by atoms with Gasteiger partial charge in [-0.15, -0.1) is 0 Å². The first-order chi connectivity index (χ1) is 10.4. The number of aryl methyl sites for hydroxylation is 1. The van der Waals surface area contributed by atoms with Gasteiger partial charge >= 0.3 is 5.97 Å². The third kappa shape index (κ3) is 3.62. The summed E-state index contributed by atoms with van der Waals surface area (Å²) in [6, 6.07) is 4.69. The number of esters is 1. The lowest BCUT2D eigenvalue weighted by Gasteiger charge is -2.30. The Hall–Kier alpha value is -1.11. The van der Waals surface area contributed by atoms with Crippen LogP contribution >= 0.6 is 11.6 Å². The number of piperidine rings is 1. The van der Waals surface area contributed by atoms with E-state index in [-0.39, 0.29) is 17.4 Å². The molecule has 0 N–H and O–H groups in total. The lowest BCUT2D eigenvalue weighted by atomic mass is 10.0. The van der Waals surface area contributed by atoms with E-state index in [4.69, 9.17) is 16.3 Å². The summed E-state index contributed by atoms with van der Waals surface area (Å²) in [6.45, 7) is 4.42. The molecule has 7 heteroatoms. The third-order valence-electron chi connectivity index (χ3n) is 3.79. The van der Waals surface area contributed by atoms with E-state index in [1.165, 1.54) is 10.4 Å². The molecule has 2 rings (SSSR count). The first kappa shape index (κ1) is 17.2. The molecule has 1 aliphatic rings. The van der Waals surface area contributed by atoms with Gasteiger partial charge in [-0.2, -0.15) is 4.31 Å². The summed E-state index contributed by atoms with van der Waals surface area (Å²) in [6.07, 6.45) is 1.29. The Labute approximate surface area is 136 Å². The second kappa shape index (κ2) is 6.98. The van der Waals surface area contributed by atoms with Crippen molar-refractivity contribution in [1.29, 1.82) is 0 Å². The first-order valence-corrected chi connectivity index (χ1v) is 9.11. The maximum absolute atomic E-state index is 12.7. The SMILES string of the molecule is CCOC(=O)C1CCCN(S(=O)(=O)c2ccc(C)c(Cl)c2)C1. The fourth-order valence-corrected chi connectivity index (χ4v) is 4.29. The van der Waals surface area contributed by atoms with Gasteiger partial charge in [0, 0.05) is 18.1 Å². The van der Waals surface area contributed by atoms with E-state index in [1.54, 1.807) is 19.1 Å². The van der Waals surface area contributed by atoms with Crippen LogP contribution in [0.1, 0.15) is 25.3 Å². The lowest BCUT2D eigenvalue weighted by Crippen LogP contribution is -2.42. The molecule has 0 bridgehead atoms. The molecule has 1 aliphatic heterocycles. The van der Waals surface area contributed by atoms with E-state index in [1.807, 2.05) is 6.92 Å². The van der Waals surface area contributed by atoms with Gasteiger partial charge in [-0.05, 0) is 44.4 Å². The predicted molar refractivity (Wildman–Crippen MR) is 84.3 cm³/mol. The van der Waals surface area contributed by atoms with E-state index >= 15 is 0 Å². The average Bonchev–Trinajstić information content (AvgIpc) is 2.50. The minimum absolute atomic E-state index is 0.159. The minimum atomic E-state index is -3.64. The number of rotatable bonds is 4. The largest absolute Gasteiger partial charge is 0.466 e. The topological polar surface area (TPSA) is 63.7 Å². The van der Waals surface area contributed by atoms with Crippen LogP contribution in [-0.4, -0.2) is 38.4 Å². The van der Waals surface area contributed by atoms with Crippen molar-refractivity contribution in [3.63, 3.8) is 0 Å². The van der Waals surface area contributed by atoms with Crippen molar-refractivity contribution < 1.29 is 17.9 Å². The molecule has 0 aliphatic carbocycles. The van der Waals surface area contributed by atoms with Crippen LogP contribution in [-0.2, 0) is 19.6 Å². The lowest BCUT2D eigenvalue weighted by molar-refractivity contribution is -0.149. The Morgan fingerprint density at radius 1 is 1.45 bits per heavy atom. The summed E-state index contributed by atoms with van der Waals surface area (Å²) < 4.78 is 31.7. The Kier molecular flexibility index (Phi) is 5.47. The zero-order chi connectivity index (χ0) is 16.3. The third-order valence-corrected chi connectivity index (χ3v) is 6.05. The molecule has 1 unspecified atom stereocenters. The summed E-state index contributed by atoms with van der Waals surface area (Å²) >= 11 is 6.02. The number of hydrogen-bond acceptors (Lipinski definition) is 4. The van der Waals surface area contributed by atoms with Crippen LogP contribution in [0.5, 0.6) is 0 Å². The minimum Gasteiger partial charge on any atom is -0.466 e. The van der Waals surface area contributed by atoms with Crippen LogP contribution in [0, 0.1) is 12.8 Å². The van der Waals surface area contributed by atoms with Crippen molar-refractivity contribution in [2.24, 2.45) is 5.92 Å². The van der Waals surface area contributed by atoms with Gasteiger partial charge in [0.25, 0.3) is 0 Å². The molecular weight excluding hydrogens is 326 g/mol. The molecule has 1 heterocycles. The molecule has 1 aromatic rings. The highest BCUT2D eigenvalue weighted by Crippen LogP contribution is 2.27. The fourth-order valence-electron chi connectivity index (χ4n) is 2.50. The predicted octanol–water partition coefficient (Wildman–Crippen LogP) is 2.61. The molecule has 5 nitrogen and oxygen atoms in total. The zero-order valence-corrected chi connectivity index (χ0v) is 14.3. The van der Waals surface area contributed by atoms with E-state index in [9.17, 15) is 13.2 Å². The van der Waals surface area contributed by atoms with Crippen LogP contribution in [0.2, 0.25) is 5.02 Å². The number of nitrogens with zero attached hydrogens (tertiary/aromatic N) is 1. The number of ether oxygens (including phenoxy) is 1. The van der Waals surface area contributed by atoms with Crippen LogP contribution in [0.25, 0.3) is 0 Å². The highest BCUT2D eigenvalue weighted by molar-refractivity contribution is 7.89. The quantitative estimate of drug-likeness (QED) is 0.787. The van der Waals surface area contributed by atoms with Crippen molar-refractivity contribution in [3.8, 4) is 0 Å². The Balaban J connectivity index is 2.21. The number of hydrogen-bond donors (Lipinski definition) is 0. The molecule has 22 heavy (non-hydrogen) atoms. The van der Waals surface area contributed by atoms with Crippen LogP contribution < -0.4 is 0 Å². The highest BCUT2D eigenvalue weighted by atomic mass is 35.5. The van der Waals surface area contributed by atoms with E-state index in [0.29, 0.717) is 31.0 Å². The molecule has 1 aromatic carbocycles. The van der Waals surface area contributed by atoms with E-state index in [0.717, 1.165) is 5.56 Å². The van der Waals surface area contributed by atoms with Crippen molar-refractivity contribution in [1.82, 2.24) is 4.31 Å². The zero-order valence-electron chi connectivity index (χ0n) is 12.7. The molecule has 1 saturated heterocycles. The molecule has 1 fully saturated rings. The van der Waals surface area contributed by atoms with Gasteiger partial charge in [-0.25, -0.2) is 8.42 Å². The number of halogens is 1. The van der Waals surface area contributed by atoms with Crippen molar-refractivity contribution in [2.45, 2.75) is 31.6 Å². The molecular formula is C15H20ClNO4S. The Morgan fingerprint density at radius 2 is 2.18 bits per heavy atom. The summed E-state index contributed by atoms with van der Waals surface area (Å²) in [7, 11) is -3.64. The molecule has 0 aromatic heterocycles. The Bertz CT molecular complexity index is 660. The molecule has 0 radical (unpaired) electrons. The van der Waals surface area contributed by atoms with Crippen LogP contribution in [0.3, 0.4) is 0 Å². The second-order valence-electron chi connectivity index (χ2n) is 5.37. The number of carbonyl (C=O) groups is 1. The van der Waals surface area contributed by atoms with Gasteiger partial charge < -0.3 is 4.74 Å². The normalized spacial score (nSPS) is 19.9. The maximum Gasteiger partial charge on any atom is 0.310 e. The van der Waals surface area contributed by atoms with Gasteiger partial charge in [0.15, 0.2) is 0 Å². The summed E-state index contributed by atoms with van der Waals surface area (Å²) in [5.41, 5.74) is 0.823. The number of sulfonamides is 1. The van der Waals surface area contributed by atoms with Crippen LogP contribution in [0.15, 0.2) is 23.1 Å². The monoisotopic (exact) mass is 345 g/mol. The number of benzene rings is 1. The van der Waals surface area contributed by atoms with E-state index in [2.05, 4.69) is 0 Å². The maximum atomic E-state index is 12.7. The smallest absolute Gasteiger partial charge is 0.310 e. The van der Waals surface area contributed by atoms with Crippen molar-refractivity contribution in [3.05, 3.63) is 28.8 Å². The molecule has 0 amide bonds. The molecule has 1 atom stereocenters. The summed E-state index contributed by atoms with van der Waals surface area (Å²) in [4.78, 5) is 12.0. The summed E-state index contributed by atoms with van der Waals surface area (Å²) in [5, 5.41) is 0.417. The standard InChI is InChI=1S/C15H20ClNO4S/c1-3-21-15(18)12-5-4-8-17(10-12)22(19,20)13-7-6-11(2)14(16)9-13/h6-7,9,12H,3-5,8,10H2,1-2H3. The highest BCUT2D eigenvalue weighted by Gasteiger charge is 2.34. The van der Waals surface area contributed by atoms with Gasteiger partial charge in [0.05, 0.1) is 17.4 Å². The Morgan fingerprint density at radius 3 is 2.82 bits per heavy atom.